The first-order chi connectivity index (χ1) is 14.3. The van der Waals surface area contributed by atoms with Gasteiger partial charge in [-0.1, -0.05) is 18.2 Å². The second-order valence-electron chi connectivity index (χ2n) is 7.14. The minimum absolute atomic E-state index is 0.675. The van der Waals surface area contributed by atoms with Gasteiger partial charge in [0.25, 0.3) is 0 Å². The van der Waals surface area contributed by atoms with Gasteiger partial charge in [-0.25, -0.2) is 24.9 Å². The van der Waals surface area contributed by atoms with Crippen LogP contribution in [-0.2, 0) is 19.5 Å². The van der Waals surface area contributed by atoms with E-state index in [1.165, 1.54) is 6.33 Å². The minimum Gasteiger partial charge on any atom is -0.441 e. The summed E-state index contributed by atoms with van der Waals surface area (Å²) in [6, 6.07) is 10.00. The third kappa shape index (κ3) is 3.64. The molecule has 0 radical (unpaired) electrons. The second-order valence-corrected chi connectivity index (χ2v) is 7.14. The summed E-state index contributed by atoms with van der Waals surface area (Å²) in [7, 11) is 0. The van der Waals surface area contributed by atoms with E-state index >= 15 is 0 Å². The second kappa shape index (κ2) is 7.52. The van der Waals surface area contributed by atoms with Gasteiger partial charge in [0.1, 0.15) is 12.1 Å². The molecule has 0 bridgehead atoms. The average Bonchev–Trinajstić information content (AvgIpc) is 3.15. The van der Waals surface area contributed by atoms with Crippen molar-refractivity contribution in [2.45, 2.75) is 26.4 Å². The van der Waals surface area contributed by atoms with E-state index in [0.717, 1.165) is 59.9 Å². The van der Waals surface area contributed by atoms with Crippen molar-refractivity contribution >= 4 is 0 Å². The lowest BCUT2D eigenvalue weighted by atomic mass is 10.1. The van der Waals surface area contributed by atoms with Gasteiger partial charge in [-0.05, 0) is 19.1 Å². The minimum atomic E-state index is 0.675. The zero-order chi connectivity index (χ0) is 19.6. The third-order valence-corrected chi connectivity index (χ3v) is 5.12. The molecule has 0 fully saturated rings. The van der Waals surface area contributed by atoms with Crippen LogP contribution in [0.25, 0.3) is 22.8 Å². The van der Waals surface area contributed by atoms with Gasteiger partial charge in [0.15, 0.2) is 5.82 Å². The van der Waals surface area contributed by atoms with Gasteiger partial charge in [-0.15, -0.1) is 0 Å². The Balaban J connectivity index is 1.32. The highest BCUT2D eigenvalue weighted by Crippen LogP contribution is 2.25. The van der Waals surface area contributed by atoms with Crippen molar-refractivity contribution in [2.24, 2.45) is 0 Å². The Labute approximate surface area is 168 Å². The number of nitrogens with zero attached hydrogens (tertiary/aromatic N) is 6. The molecular formula is C22H20N6O. The van der Waals surface area contributed by atoms with E-state index in [-0.39, 0.29) is 0 Å². The number of hydrogen-bond acceptors (Lipinski definition) is 7. The zero-order valence-electron chi connectivity index (χ0n) is 16.1. The third-order valence-electron chi connectivity index (χ3n) is 5.12. The lowest BCUT2D eigenvalue weighted by molar-refractivity contribution is 0.239. The van der Waals surface area contributed by atoms with Crippen LogP contribution >= 0.6 is 0 Å². The lowest BCUT2D eigenvalue weighted by Crippen LogP contribution is -2.31. The maximum Gasteiger partial charge on any atom is 0.226 e. The van der Waals surface area contributed by atoms with Gasteiger partial charge in [0, 0.05) is 55.8 Å². The van der Waals surface area contributed by atoms with Crippen LogP contribution < -0.4 is 0 Å². The number of rotatable bonds is 4. The van der Waals surface area contributed by atoms with Gasteiger partial charge < -0.3 is 4.42 Å². The standard InChI is InChI=1S/C22H20N6O/c1-15-20(27-22(29-15)16-5-3-2-4-6-16)13-28-8-7-19-18(12-28)11-25-21(26-19)17-9-23-14-24-10-17/h2-6,9-11,14H,7-8,12-13H2,1H3. The SMILES string of the molecule is Cc1oc(-c2ccccc2)nc1CN1CCc2nc(-c3cncnc3)ncc2C1. The predicted molar refractivity (Wildman–Crippen MR) is 108 cm³/mol. The van der Waals surface area contributed by atoms with E-state index in [9.17, 15) is 0 Å². The summed E-state index contributed by atoms with van der Waals surface area (Å²) >= 11 is 0. The number of benzene rings is 1. The summed E-state index contributed by atoms with van der Waals surface area (Å²) in [4.78, 5) is 24.4. The zero-order valence-corrected chi connectivity index (χ0v) is 16.1. The Kier molecular flexibility index (Phi) is 4.57. The number of aromatic nitrogens is 5. The highest BCUT2D eigenvalue weighted by molar-refractivity contribution is 5.53. The van der Waals surface area contributed by atoms with Gasteiger partial charge in [-0.2, -0.15) is 0 Å². The van der Waals surface area contributed by atoms with Crippen LogP contribution in [0.1, 0.15) is 22.7 Å². The summed E-state index contributed by atoms with van der Waals surface area (Å²) in [5.41, 5.74) is 5.06. The van der Waals surface area contributed by atoms with Crippen LogP contribution in [-0.4, -0.2) is 36.4 Å². The van der Waals surface area contributed by atoms with Crippen molar-refractivity contribution in [3.63, 3.8) is 0 Å². The molecule has 0 N–H and O–H groups in total. The molecule has 0 saturated heterocycles. The molecule has 0 amide bonds. The monoisotopic (exact) mass is 384 g/mol. The van der Waals surface area contributed by atoms with E-state index in [1.807, 2.05) is 43.5 Å². The summed E-state index contributed by atoms with van der Waals surface area (Å²) in [6.45, 7) is 4.44. The molecule has 0 spiro atoms. The molecule has 7 nitrogen and oxygen atoms in total. The molecule has 4 aromatic rings. The van der Waals surface area contributed by atoms with Gasteiger partial charge in [0.05, 0.1) is 17.0 Å². The molecule has 7 heteroatoms. The van der Waals surface area contributed by atoms with Crippen molar-refractivity contribution in [1.82, 2.24) is 29.8 Å². The maximum atomic E-state index is 5.90. The number of oxazole rings is 1. The van der Waals surface area contributed by atoms with E-state index < -0.39 is 0 Å². The fourth-order valence-corrected chi connectivity index (χ4v) is 3.55. The molecule has 29 heavy (non-hydrogen) atoms. The molecule has 144 valence electrons. The average molecular weight is 384 g/mol. The largest absolute Gasteiger partial charge is 0.441 e. The highest BCUT2D eigenvalue weighted by atomic mass is 16.4. The lowest BCUT2D eigenvalue weighted by Gasteiger charge is -2.27. The van der Waals surface area contributed by atoms with E-state index in [1.54, 1.807) is 12.4 Å². The number of hydrogen-bond donors (Lipinski definition) is 0. The van der Waals surface area contributed by atoms with Crippen molar-refractivity contribution in [3.05, 3.63) is 78.0 Å². The Morgan fingerprint density at radius 3 is 2.66 bits per heavy atom. The van der Waals surface area contributed by atoms with Gasteiger partial charge >= 0.3 is 0 Å². The van der Waals surface area contributed by atoms with Crippen LogP contribution in [0, 0.1) is 6.92 Å². The molecule has 4 heterocycles. The Bertz CT molecular complexity index is 1130. The highest BCUT2D eigenvalue weighted by Gasteiger charge is 2.21. The topological polar surface area (TPSA) is 80.8 Å². The van der Waals surface area contributed by atoms with Crippen LogP contribution in [0.2, 0.25) is 0 Å². The molecule has 1 aliphatic heterocycles. The smallest absolute Gasteiger partial charge is 0.226 e. The molecule has 1 aromatic carbocycles. The first kappa shape index (κ1) is 17.6. The van der Waals surface area contributed by atoms with Crippen molar-refractivity contribution < 1.29 is 4.42 Å². The molecule has 5 rings (SSSR count). The quantitative estimate of drug-likeness (QED) is 0.533. The predicted octanol–water partition coefficient (Wildman–Crippen LogP) is 3.46. The first-order valence-corrected chi connectivity index (χ1v) is 9.60. The molecular weight excluding hydrogens is 364 g/mol. The summed E-state index contributed by atoms with van der Waals surface area (Å²) in [6.07, 6.45) is 7.78. The normalized spacial score (nSPS) is 14.0. The first-order valence-electron chi connectivity index (χ1n) is 9.60. The van der Waals surface area contributed by atoms with Crippen molar-refractivity contribution in [3.8, 4) is 22.8 Å². The number of aryl methyl sites for hydroxylation is 1. The number of fused-ring (bicyclic) bond motifs is 1. The van der Waals surface area contributed by atoms with Gasteiger partial charge in [0.2, 0.25) is 5.89 Å². The van der Waals surface area contributed by atoms with E-state index in [2.05, 4.69) is 19.9 Å². The van der Waals surface area contributed by atoms with Crippen LogP contribution in [0.3, 0.4) is 0 Å². The maximum absolute atomic E-state index is 5.90. The Hall–Kier alpha value is -3.45. The molecule has 0 saturated carbocycles. The van der Waals surface area contributed by atoms with E-state index in [4.69, 9.17) is 14.4 Å². The van der Waals surface area contributed by atoms with Crippen molar-refractivity contribution in [2.75, 3.05) is 6.54 Å². The van der Waals surface area contributed by atoms with Crippen LogP contribution in [0.15, 0.2) is 59.7 Å². The fourth-order valence-electron chi connectivity index (χ4n) is 3.55. The summed E-state index contributed by atoms with van der Waals surface area (Å²) < 4.78 is 5.90. The molecule has 0 atom stereocenters. The fraction of sp³-hybridized carbons (Fsp3) is 0.227. The van der Waals surface area contributed by atoms with Gasteiger partial charge in [-0.3, -0.25) is 4.90 Å². The van der Waals surface area contributed by atoms with Crippen LogP contribution in [0.5, 0.6) is 0 Å². The van der Waals surface area contributed by atoms with Crippen molar-refractivity contribution in [1.29, 1.82) is 0 Å². The summed E-state index contributed by atoms with van der Waals surface area (Å²) in [5.74, 6) is 2.22. The Morgan fingerprint density at radius 1 is 1.00 bits per heavy atom. The molecule has 0 aliphatic carbocycles. The molecule has 0 unspecified atom stereocenters. The summed E-state index contributed by atoms with van der Waals surface area (Å²) in [5, 5.41) is 0. The molecule has 3 aromatic heterocycles. The molecule has 1 aliphatic rings. The Morgan fingerprint density at radius 2 is 1.83 bits per heavy atom. The van der Waals surface area contributed by atoms with E-state index in [0.29, 0.717) is 11.7 Å². The van der Waals surface area contributed by atoms with Crippen LogP contribution in [0.4, 0.5) is 0 Å².